The van der Waals surface area contributed by atoms with Crippen LogP contribution in [-0.2, 0) is 18.9 Å². The van der Waals surface area contributed by atoms with Crippen molar-refractivity contribution in [2.75, 3.05) is 6.61 Å². The highest BCUT2D eigenvalue weighted by atomic mass is 16.7. The molecular weight excluding hydrogens is 664 g/mol. The maximum Gasteiger partial charge on any atom is 0.187 e. The summed E-state index contributed by atoms with van der Waals surface area (Å²) in [6.07, 6.45) is 1.21. The third kappa shape index (κ3) is 5.85. The normalized spacial score (nSPS) is 55.6. The molecule has 0 aromatic heterocycles. The molecule has 10 nitrogen and oxygen atoms in total. The molecule has 4 saturated carbocycles. The summed E-state index contributed by atoms with van der Waals surface area (Å²) in [5.74, 6) is 1.68. The van der Waals surface area contributed by atoms with Crippen molar-refractivity contribution < 1.29 is 49.6 Å². The second kappa shape index (κ2) is 13.2. The van der Waals surface area contributed by atoms with Gasteiger partial charge in [0.25, 0.3) is 0 Å². The Hall–Kier alpha value is -0.660. The molecule has 0 aromatic rings. The first kappa shape index (κ1) is 39.6. The summed E-state index contributed by atoms with van der Waals surface area (Å²) in [5.41, 5.74) is 2.97. The summed E-state index contributed by atoms with van der Waals surface area (Å²) in [4.78, 5) is 0. The molecule has 5 aliphatic carbocycles. The number of aliphatic hydroxyl groups is 6. The Morgan fingerprint density at radius 3 is 2.06 bits per heavy atom. The predicted molar refractivity (Wildman–Crippen MR) is 195 cm³/mol. The third-order valence-electron chi connectivity index (χ3n) is 17.2. The average molecular weight is 735 g/mol. The van der Waals surface area contributed by atoms with E-state index in [-0.39, 0.29) is 27.8 Å². The van der Waals surface area contributed by atoms with Crippen LogP contribution in [0.25, 0.3) is 0 Å². The zero-order valence-corrected chi connectivity index (χ0v) is 33.3. The fourth-order valence-corrected chi connectivity index (χ4v) is 13.5. The molecule has 2 aliphatic heterocycles. The predicted octanol–water partition coefficient (Wildman–Crippen LogP) is 4.84. The molecule has 0 amide bonds. The van der Waals surface area contributed by atoms with Gasteiger partial charge in [-0.1, -0.05) is 67.0 Å². The van der Waals surface area contributed by atoms with Crippen molar-refractivity contribution in [1.29, 1.82) is 0 Å². The van der Waals surface area contributed by atoms with Crippen molar-refractivity contribution in [2.24, 2.45) is 50.2 Å². The standard InChI is InChI=1S/C42H70O10/c1-22-34(52-36-32(47)30(45)29(44)25(21-43)50-36)31(46)33(48)35(49-22)51-28-13-14-40(7)26(38(28,4)5)12-15-42(9)27(40)11-10-23-24-20-37(2,3)16-17-39(24,6)18-19-41(23,42)8/h10,22,24-36,43-48H,11-21H2,1-9H3/t22-,24-,25+,26+,27-,28-,29-,30-,31-,32+,33+,34-,35+,36+,39+,40-,41-,42-/m0/s1. The number of allylic oxidation sites excluding steroid dienone is 2. The maximum absolute atomic E-state index is 11.3. The average Bonchev–Trinajstić information content (AvgIpc) is 3.07. The lowest BCUT2D eigenvalue weighted by Gasteiger charge is -2.71. The second-order valence-corrected chi connectivity index (χ2v) is 20.8. The molecule has 0 spiro atoms. The van der Waals surface area contributed by atoms with Crippen LogP contribution in [0.4, 0.5) is 0 Å². The highest BCUT2D eigenvalue weighted by Gasteiger charge is 2.68. The Labute approximate surface area is 311 Å². The first-order valence-electron chi connectivity index (χ1n) is 20.5. The summed E-state index contributed by atoms with van der Waals surface area (Å²) in [5, 5.41) is 63.1. The van der Waals surface area contributed by atoms with Crippen molar-refractivity contribution >= 4 is 0 Å². The van der Waals surface area contributed by atoms with Crippen molar-refractivity contribution in [2.45, 2.75) is 194 Å². The molecule has 0 radical (unpaired) electrons. The summed E-state index contributed by atoms with van der Waals surface area (Å²) in [7, 11) is 0. The van der Waals surface area contributed by atoms with Gasteiger partial charge < -0.3 is 49.6 Å². The Bertz CT molecular complexity index is 1370. The van der Waals surface area contributed by atoms with Crippen LogP contribution in [0.15, 0.2) is 11.6 Å². The molecule has 7 rings (SSSR count). The highest BCUT2D eigenvalue weighted by molar-refractivity contribution is 5.33. The molecule has 2 saturated heterocycles. The molecule has 52 heavy (non-hydrogen) atoms. The molecule has 2 heterocycles. The largest absolute Gasteiger partial charge is 0.394 e. The van der Waals surface area contributed by atoms with E-state index < -0.39 is 68.0 Å². The van der Waals surface area contributed by atoms with E-state index in [1.807, 2.05) is 0 Å². The van der Waals surface area contributed by atoms with Gasteiger partial charge in [0.15, 0.2) is 12.6 Å². The summed E-state index contributed by atoms with van der Waals surface area (Å²) in [6.45, 7) is 21.1. The minimum Gasteiger partial charge on any atom is -0.394 e. The van der Waals surface area contributed by atoms with Gasteiger partial charge in [-0.25, -0.2) is 0 Å². The minimum absolute atomic E-state index is 0.136. The van der Waals surface area contributed by atoms with E-state index in [1.54, 1.807) is 12.5 Å². The molecule has 7 aliphatic rings. The zero-order valence-electron chi connectivity index (χ0n) is 33.3. The van der Waals surface area contributed by atoms with Crippen LogP contribution in [0, 0.1) is 50.2 Å². The number of hydrogen-bond acceptors (Lipinski definition) is 10. The number of hydrogen-bond donors (Lipinski definition) is 6. The molecule has 10 heteroatoms. The Morgan fingerprint density at radius 2 is 1.37 bits per heavy atom. The molecule has 0 unspecified atom stereocenters. The minimum atomic E-state index is -1.63. The van der Waals surface area contributed by atoms with Crippen LogP contribution < -0.4 is 0 Å². The van der Waals surface area contributed by atoms with Gasteiger partial charge in [0.2, 0.25) is 0 Å². The molecule has 0 bridgehead atoms. The first-order valence-corrected chi connectivity index (χ1v) is 20.5. The van der Waals surface area contributed by atoms with Crippen molar-refractivity contribution in [3.63, 3.8) is 0 Å². The van der Waals surface area contributed by atoms with E-state index in [0.29, 0.717) is 28.6 Å². The van der Waals surface area contributed by atoms with E-state index in [2.05, 4.69) is 61.5 Å². The summed E-state index contributed by atoms with van der Waals surface area (Å²) in [6, 6.07) is 0. The van der Waals surface area contributed by atoms with Gasteiger partial charge in [-0.3, -0.25) is 0 Å². The van der Waals surface area contributed by atoms with E-state index in [4.69, 9.17) is 18.9 Å². The maximum atomic E-state index is 11.3. The number of aliphatic hydroxyl groups excluding tert-OH is 6. The molecular formula is C42H70O10. The monoisotopic (exact) mass is 734 g/mol. The molecule has 0 aromatic carbocycles. The lowest BCUT2D eigenvalue weighted by Crippen LogP contribution is -2.66. The summed E-state index contributed by atoms with van der Waals surface area (Å²) >= 11 is 0. The lowest BCUT2D eigenvalue weighted by atomic mass is 9.33. The van der Waals surface area contributed by atoms with Crippen LogP contribution in [0.3, 0.4) is 0 Å². The SMILES string of the molecule is C[C@@H]1O[C@H](O[C@H]2CC[C@@]3(C)[C@H](CC[C@@]4(C)[C@H]3CC=C3[C@@H]5CC(C)(C)CC[C@]5(C)CC[C@@]34C)C2(C)C)[C@H](O)[C@H](O)[C@H]1O[C@H]1O[C@H](CO)[C@H](O)[C@H](O)[C@H]1O. The topological polar surface area (TPSA) is 158 Å². The number of ether oxygens (including phenoxy) is 4. The smallest absolute Gasteiger partial charge is 0.187 e. The molecule has 6 N–H and O–H groups in total. The molecule has 6 fully saturated rings. The number of rotatable bonds is 5. The van der Waals surface area contributed by atoms with Gasteiger partial charge >= 0.3 is 0 Å². The zero-order chi connectivity index (χ0) is 38.0. The van der Waals surface area contributed by atoms with Crippen LogP contribution in [0.5, 0.6) is 0 Å². The summed E-state index contributed by atoms with van der Waals surface area (Å²) < 4.78 is 24.2. The molecule has 298 valence electrons. The fourth-order valence-electron chi connectivity index (χ4n) is 13.5. The van der Waals surface area contributed by atoms with Crippen molar-refractivity contribution in [1.82, 2.24) is 0 Å². The van der Waals surface area contributed by atoms with Crippen LogP contribution >= 0.6 is 0 Å². The highest BCUT2D eigenvalue weighted by Crippen LogP contribution is 2.75. The van der Waals surface area contributed by atoms with Crippen LogP contribution in [0.1, 0.15) is 127 Å². The van der Waals surface area contributed by atoms with E-state index >= 15 is 0 Å². The van der Waals surface area contributed by atoms with Gasteiger partial charge in [0.1, 0.15) is 42.7 Å². The van der Waals surface area contributed by atoms with Crippen LogP contribution in [0.2, 0.25) is 0 Å². The Morgan fingerprint density at radius 1 is 0.712 bits per heavy atom. The van der Waals surface area contributed by atoms with E-state index in [1.165, 1.54) is 38.5 Å². The lowest BCUT2D eigenvalue weighted by molar-refractivity contribution is -0.364. The van der Waals surface area contributed by atoms with Gasteiger partial charge in [-0.05, 0) is 121 Å². The van der Waals surface area contributed by atoms with E-state index in [0.717, 1.165) is 25.7 Å². The Kier molecular flexibility index (Phi) is 10.0. The van der Waals surface area contributed by atoms with Gasteiger partial charge in [0.05, 0.1) is 18.8 Å². The first-order chi connectivity index (χ1) is 24.1. The van der Waals surface area contributed by atoms with Gasteiger partial charge in [-0.15, -0.1) is 0 Å². The number of fused-ring (bicyclic) bond motifs is 7. The van der Waals surface area contributed by atoms with Gasteiger partial charge in [-0.2, -0.15) is 0 Å². The van der Waals surface area contributed by atoms with E-state index in [9.17, 15) is 30.6 Å². The Balaban J connectivity index is 1.06. The van der Waals surface area contributed by atoms with Crippen molar-refractivity contribution in [3.05, 3.63) is 11.6 Å². The quantitative estimate of drug-likeness (QED) is 0.171. The van der Waals surface area contributed by atoms with Crippen LogP contribution in [-0.4, -0.2) is 105 Å². The third-order valence-corrected chi connectivity index (χ3v) is 17.2. The molecule has 18 atom stereocenters. The van der Waals surface area contributed by atoms with Crippen molar-refractivity contribution in [3.8, 4) is 0 Å². The second-order valence-electron chi connectivity index (χ2n) is 20.8. The fraction of sp³-hybridized carbons (Fsp3) is 0.952. The van der Waals surface area contributed by atoms with Gasteiger partial charge in [0, 0.05) is 0 Å².